The summed E-state index contributed by atoms with van der Waals surface area (Å²) in [6.45, 7) is 5.39. The molecule has 0 unspecified atom stereocenters. The minimum absolute atomic E-state index is 0.0156. The first-order valence-corrected chi connectivity index (χ1v) is 16.1. The molecule has 8 nitrogen and oxygen atoms in total. The highest BCUT2D eigenvalue weighted by molar-refractivity contribution is 7.92. The van der Waals surface area contributed by atoms with Crippen molar-refractivity contribution in [3.8, 4) is 5.75 Å². The lowest BCUT2D eigenvalue weighted by atomic mass is 10.00. The van der Waals surface area contributed by atoms with Gasteiger partial charge >= 0.3 is 0 Å². The Bertz CT molecular complexity index is 1510. The van der Waals surface area contributed by atoms with Crippen LogP contribution < -0.4 is 14.4 Å². The first-order chi connectivity index (χ1) is 20.2. The van der Waals surface area contributed by atoms with E-state index in [9.17, 15) is 22.4 Å². The number of rotatable bonds is 13. The van der Waals surface area contributed by atoms with E-state index in [4.69, 9.17) is 16.3 Å². The summed E-state index contributed by atoms with van der Waals surface area (Å²) < 4.78 is 46.5. The highest BCUT2D eigenvalue weighted by Crippen LogP contribution is 2.30. The Kier molecular flexibility index (Phi) is 11.6. The summed E-state index contributed by atoms with van der Waals surface area (Å²) in [7, 11) is -2.26. The van der Waals surface area contributed by atoms with E-state index in [2.05, 4.69) is 5.32 Å². The molecule has 1 atom stereocenters. The van der Waals surface area contributed by atoms with Crippen LogP contribution in [0.2, 0.25) is 5.02 Å². The number of benzene rings is 3. The third kappa shape index (κ3) is 9.96. The van der Waals surface area contributed by atoms with Crippen LogP contribution in [0.1, 0.15) is 44.7 Å². The lowest BCUT2D eigenvalue weighted by Crippen LogP contribution is -2.54. The Morgan fingerprint density at radius 2 is 1.67 bits per heavy atom. The molecule has 0 radical (unpaired) electrons. The van der Waals surface area contributed by atoms with E-state index in [1.54, 1.807) is 30.3 Å². The molecule has 3 rings (SSSR count). The van der Waals surface area contributed by atoms with Gasteiger partial charge in [0.1, 0.15) is 17.6 Å². The van der Waals surface area contributed by atoms with Gasteiger partial charge in [0.25, 0.3) is 0 Å². The van der Waals surface area contributed by atoms with Gasteiger partial charge in [-0.15, -0.1) is 0 Å². The molecule has 0 aliphatic carbocycles. The number of carbonyl (C=O) groups excluding carboxylic acids is 2. The van der Waals surface area contributed by atoms with E-state index in [-0.39, 0.29) is 48.8 Å². The molecular formula is C32H39ClFN3O5S. The zero-order valence-corrected chi connectivity index (χ0v) is 26.7. The largest absolute Gasteiger partial charge is 0.495 e. The maximum atomic E-state index is 14.8. The number of carbonyl (C=O) groups is 2. The fourth-order valence-electron chi connectivity index (χ4n) is 4.63. The van der Waals surface area contributed by atoms with E-state index in [1.807, 2.05) is 51.1 Å². The molecule has 2 amide bonds. The average Bonchev–Trinajstić information content (AvgIpc) is 2.92. The van der Waals surface area contributed by atoms with Crippen LogP contribution in [0.15, 0.2) is 72.8 Å². The van der Waals surface area contributed by atoms with Gasteiger partial charge in [0.05, 0.1) is 24.1 Å². The van der Waals surface area contributed by atoms with Gasteiger partial charge < -0.3 is 15.0 Å². The van der Waals surface area contributed by atoms with Gasteiger partial charge in [-0.05, 0) is 57.0 Å². The minimum Gasteiger partial charge on any atom is -0.495 e. The molecule has 1 N–H and O–H groups in total. The number of ether oxygens (including phenoxy) is 1. The predicted octanol–water partition coefficient (Wildman–Crippen LogP) is 5.59. The monoisotopic (exact) mass is 631 g/mol. The maximum absolute atomic E-state index is 14.8. The van der Waals surface area contributed by atoms with Crippen LogP contribution in [0.5, 0.6) is 5.75 Å². The van der Waals surface area contributed by atoms with Crippen molar-refractivity contribution < 1.29 is 27.1 Å². The molecule has 43 heavy (non-hydrogen) atoms. The standard InChI is InChI=1S/C32H39ClFN3O5S/c1-32(2,3)35-31(39)28(20-23-12-7-6-8-13-23)36(22-24-14-9-10-15-27(24)34)30(38)16-11-19-37(43(5,40)41)25-17-18-29(42-4)26(33)21-25/h6-10,12-15,17-18,21,28H,11,16,19-20,22H2,1-5H3,(H,35,39)/t28-/m1/s1. The molecule has 0 heterocycles. The Hall–Kier alpha value is -3.63. The summed E-state index contributed by atoms with van der Waals surface area (Å²) in [6, 6.07) is 19.1. The first kappa shape index (κ1) is 33.9. The van der Waals surface area contributed by atoms with Crippen molar-refractivity contribution in [2.75, 3.05) is 24.2 Å². The molecular weight excluding hydrogens is 593 g/mol. The van der Waals surface area contributed by atoms with Gasteiger partial charge in [-0.1, -0.05) is 60.1 Å². The number of amides is 2. The molecule has 0 saturated carbocycles. The maximum Gasteiger partial charge on any atom is 0.243 e. The number of nitrogens with zero attached hydrogens (tertiary/aromatic N) is 2. The second-order valence-electron chi connectivity index (χ2n) is 11.3. The van der Waals surface area contributed by atoms with Gasteiger partial charge in [-0.3, -0.25) is 13.9 Å². The number of methoxy groups -OCH3 is 1. The molecule has 0 aliphatic rings. The Labute approximate surface area is 258 Å². The molecule has 3 aromatic carbocycles. The Morgan fingerprint density at radius 3 is 2.26 bits per heavy atom. The molecule has 232 valence electrons. The number of hydrogen-bond donors (Lipinski definition) is 1. The van der Waals surface area contributed by atoms with Gasteiger partial charge in [0.2, 0.25) is 21.8 Å². The molecule has 11 heteroatoms. The third-order valence-corrected chi connectivity index (χ3v) is 8.13. The summed E-state index contributed by atoms with van der Waals surface area (Å²) in [5.41, 5.74) is 0.857. The number of sulfonamides is 1. The minimum atomic E-state index is -3.72. The van der Waals surface area contributed by atoms with Crippen molar-refractivity contribution in [2.45, 2.75) is 58.2 Å². The molecule has 0 saturated heterocycles. The summed E-state index contributed by atoms with van der Waals surface area (Å²) in [4.78, 5) is 28.9. The van der Waals surface area contributed by atoms with E-state index in [0.717, 1.165) is 11.8 Å². The number of halogens is 2. The zero-order chi connectivity index (χ0) is 31.8. The topological polar surface area (TPSA) is 96.0 Å². The molecule has 0 fully saturated rings. The number of hydrogen-bond acceptors (Lipinski definition) is 5. The normalized spacial score (nSPS) is 12.3. The van der Waals surface area contributed by atoms with Crippen molar-refractivity contribution in [1.29, 1.82) is 0 Å². The highest BCUT2D eigenvalue weighted by Gasteiger charge is 2.32. The van der Waals surface area contributed by atoms with Gasteiger partial charge in [-0.25, -0.2) is 12.8 Å². The van der Waals surface area contributed by atoms with Crippen molar-refractivity contribution in [3.63, 3.8) is 0 Å². The summed E-state index contributed by atoms with van der Waals surface area (Å²) >= 11 is 6.24. The fourth-order valence-corrected chi connectivity index (χ4v) is 5.84. The lowest BCUT2D eigenvalue weighted by molar-refractivity contribution is -0.142. The molecule has 3 aromatic rings. The highest BCUT2D eigenvalue weighted by atomic mass is 35.5. The molecule has 0 aromatic heterocycles. The van der Waals surface area contributed by atoms with Crippen molar-refractivity contribution in [1.82, 2.24) is 10.2 Å². The van der Waals surface area contributed by atoms with Crippen molar-refractivity contribution in [3.05, 3.63) is 94.8 Å². The van der Waals surface area contributed by atoms with Gasteiger partial charge in [0.15, 0.2) is 0 Å². The van der Waals surface area contributed by atoms with Crippen LogP contribution in [-0.4, -0.2) is 56.6 Å². The fraction of sp³-hybridized carbons (Fsp3) is 0.375. The van der Waals surface area contributed by atoms with Gasteiger partial charge in [-0.2, -0.15) is 0 Å². The van der Waals surface area contributed by atoms with Crippen LogP contribution in [0, 0.1) is 5.82 Å². The van der Waals surface area contributed by atoms with Crippen LogP contribution in [-0.2, 0) is 32.6 Å². The molecule has 0 aliphatic heterocycles. The van der Waals surface area contributed by atoms with Crippen LogP contribution in [0.3, 0.4) is 0 Å². The van der Waals surface area contributed by atoms with E-state index in [0.29, 0.717) is 11.4 Å². The van der Waals surface area contributed by atoms with Crippen LogP contribution in [0.25, 0.3) is 0 Å². The first-order valence-electron chi connectivity index (χ1n) is 13.9. The molecule has 0 bridgehead atoms. The average molecular weight is 632 g/mol. The van der Waals surface area contributed by atoms with E-state index in [1.165, 1.54) is 28.4 Å². The van der Waals surface area contributed by atoms with Crippen LogP contribution >= 0.6 is 11.6 Å². The van der Waals surface area contributed by atoms with Gasteiger partial charge in [0, 0.05) is 37.0 Å². The quantitative estimate of drug-likeness (QED) is 0.265. The van der Waals surface area contributed by atoms with E-state index < -0.39 is 33.3 Å². The Morgan fingerprint density at radius 1 is 1.02 bits per heavy atom. The number of anilines is 1. The predicted molar refractivity (Wildman–Crippen MR) is 168 cm³/mol. The Balaban J connectivity index is 1.91. The van der Waals surface area contributed by atoms with Crippen molar-refractivity contribution >= 4 is 39.1 Å². The lowest BCUT2D eigenvalue weighted by Gasteiger charge is -2.34. The molecule has 0 spiro atoms. The van der Waals surface area contributed by atoms with Crippen LogP contribution in [0.4, 0.5) is 10.1 Å². The second-order valence-corrected chi connectivity index (χ2v) is 13.6. The SMILES string of the molecule is COc1ccc(N(CCCC(=O)N(Cc2ccccc2F)[C@H](Cc2ccccc2)C(=O)NC(C)(C)C)S(C)(=O)=O)cc1Cl. The van der Waals surface area contributed by atoms with Crippen molar-refractivity contribution in [2.24, 2.45) is 0 Å². The smallest absolute Gasteiger partial charge is 0.243 e. The summed E-state index contributed by atoms with van der Waals surface area (Å²) in [6.07, 6.45) is 1.34. The summed E-state index contributed by atoms with van der Waals surface area (Å²) in [5, 5.41) is 3.21. The summed E-state index contributed by atoms with van der Waals surface area (Å²) in [5.74, 6) is -0.869. The second kappa shape index (κ2) is 14.7. The zero-order valence-electron chi connectivity index (χ0n) is 25.1. The number of nitrogens with one attached hydrogen (secondary N) is 1. The third-order valence-electron chi connectivity index (χ3n) is 6.64. The van der Waals surface area contributed by atoms with E-state index >= 15 is 0 Å².